The molecule has 4 rings (SSSR count). The summed E-state index contributed by atoms with van der Waals surface area (Å²) in [6.07, 6.45) is 4.24. The predicted octanol–water partition coefficient (Wildman–Crippen LogP) is 5.04. The van der Waals surface area contributed by atoms with Crippen molar-refractivity contribution < 1.29 is 19.1 Å². The molecule has 1 saturated carbocycles. The molecule has 1 aliphatic heterocycles. The number of anilines is 1. The van der Waals surface area contributed by atoms with Crippen LogP contribution in [0.3, 0.4) is 0 Å². The highest BCUT2D eigenvalue weighted by atomic mass is 35.5. The number of hydrogen-bond acceptors (Lipinski definition) is 5. The molecule has 136 valence electrons. The third-order valence-electron chi connectivity index (χ3n) is 4.61. The van der Waals surface area contributed by atoms with Crippen LogP contribution in [0.15, 0.2) is 30.3 Å². The van der Waals surface area contributed by atoms with Crippen LogP contribution in [-0.2, 0) is 4.79 Å². The average Bonchev–Trinajstić information content (AvgIpc) is 3.33. The normalized spacial score (nSPS) is 16.8. The van der Waals surface area contributed by atoms with Gasteiger partial charge in [0.25, 0.3) is 5.79 Å². The van der Waals surface area contributed by atoms with Crippen LogP contribution >= 0.6 is 22.9 Å². The van der Waals surface area contributed by atoms with Gasteiger partial charge in [0.1, 0.15) is 0 Å². The maximum atomic E-state index is 12.1. The molecule has 0 bridgehead atoms. The van der Waals surface area contributed by atoms with Gasteiger partial charge in [-0.25, -0.2) is 0 Å². The van der Waals surface area contributed by atoms with E-state index in [0.29, 0.717) is 20.7 Å². The summed E-state index contributed by atoms with van der Waals surface area (Å²) in [5.74, 6) is 0.573. The highest BCUT2D eigenvalue weighted by Gasteiger charge is 2.44. The quantitative estimate of drug-likeness (QED) is 0.725. The van der Waals surface area contributed by atoms with Crippen molar-refractivity contribution in [2.45, 2.75) is 44.3 Å². The smallest absolute Gasteiger partial charge is 0.251 e. The third-order valence-corrected chi connectivity index (χ3v) is 5.88. The molecule has 0 atom stereocenters. The number of fused-ring (bicyclic) bond motifs is 1. The van der Waals surface area contributed by atoms with E-state index in [-0.39, 0.29) is 24.5 Å². The third kappa shape index (κ3) is 3.57. The van der Waals surface area contributed by atoms with E-state index in [9.17, 15) is 9.59 Å². The fourth-order valence-corrected chi connectivity index (χ4v) is 4.34. The van der Waals surface area contributed by atoms with Crippen LogP contribution in [0.2, 0.25) is 4.34 Å². The second kappa shape index (κ2) is 6.93. The SMILES string of the molecule is O=C(CCC(=O)c1ccc(Cl)s1)Nc1ccc2c(c1)OC1(CCCC1)O2. The van der Waals surface area contributed by atoms with E-state index >= 15 is 0 Å². The van der Waals surface area contributed by atoms with Crippen LogP contribution in [0.4, 0.5) is 5.69 Å². The lowest BCUT2D eigenvalue weighted by atomic mass is 10.2. The largest absolute Gasteiger partial charge is 0.448 e. The summed E-state index contributed by atoms with van der Waals surface area (Å²) in [7, 11) is 0. The van der Waals surface area contributed by atoms with E-state index in [1.165, 1.54) is 11.3 Å². The van der Waals surface area contributed by atoms with Crippen LogP contribution in [0.25, 0.3) is 0 Å². The Kier molecular flexibility index (Phi) is 4.63. The molecular weight excluding hydrogens is 374 g/mol. The van der Waals surface area contributed by atoms with E-state index in [0.717, 1.165) is 31.4 Å². The van der Waals surface area contributed by atoms with Gasteiger partial charge in [-0.1, -0.05) is 11.6 Å². The number of benzene rings is 1. The number of Topliss-reactive ketones (excluding diaryl/α,β-unsaturated/α-hetero) is 1. The Hall–Kier alpha value is -2.05. The van der Waals surface area contributed by atoms with Crippen molar-refractivity contribution in [1.82, 2.24) is 0 Å². The molecule has 2 heterocycles. The van der Waals surface area contributed by atoms with E-state index in [1.807, 2.05) is 6.07 Å². The summed E-state index contributed by atoms with van der Waals surface area (Å²) >= 11 is 7.06. The van der Waals surface area contributed by atoms with Crippen molar-refractivity contribution in [2.24, 2.45) is 0 Å². The second-order valence-corrected chi connectivity index (χ2v) is 8.27. The van der Waals surface area contributed by atoms with Gasteiger partial charge in [0.05, 0.1) is 9.21 Å². The van der Waals surface area contributed by atoms with E-state index < -0.39 is 5.79 Å². The zero-order valence-electron chi connectivity index (χ0n) is 14.0. The monoisotopic (exact) mass is 391 g/mol. The van der Waals surface area contributed by atoms with Crippen molar-refractivity contribution in [3.05, 3.63) is 39.5 Å². The van der Waals surface area contributed by atoms with E-state index in [2.05, 4.69) is 5.32 Å². The number of ether oxygens (including phenoxy) is 2. The first kappa shape index (κ1) is 17.4. The topological polar surface area (TPSA) is 64.6 Å². The first-order chi connectivity index (χ1) is 12.5. The number of carbonyl (C=O) groups excluding carboxylic acids is 2. The molecule has 2 aromatic rings. The summed E-state index contributed by atoms with van der Waals surface area (Å²) in [5.41, 5.74) is 0.638. The zero-order valence-corrected chi connectivity index (χ0v) is 15.6. The Morgan fingerprint density at radius 3 is 2.58 bits per heavy atom. The first-order valence-electron chi connectivity index (χ1n) is 8.63. The Balaban J connectivity index is 1.33. The lowest BCUT2D eigenvalue weighted by Crippen LogP contribution is -2.34. The molecule has 0 saturated heterocycles. The molecule has 2 aliphatic rings. The molecule has 1 aromatic carbocycles. The predicted molar refractivity (Wildman–Crippen MR) is 100 cm³/mol. The molecule has 1 fully saturated rings. The molecule has 5 nitrogen and oxygen atoms in total. The van der Waals surface area contributed by atoms with Gasteiger partial charge >= 0.3 is 0 Å². The van der Waals surface area contributed by atoms with Gasteiger partial charge in [0.15, 0.2) is 17.3 Å². The van der Waals surface area contributed by atoms with Gasteiger partial charge in [0.2, 0.25) is 5.91 Å². The van der Waals surface area contributed by atoms with Gasteiger partial charge in [-0.2, -0.15) is 0 Å². The minimum Gasteiger partial charge on any atom is -0.448 e. The van der Waals surface area contributed by atoms with Crippen LogP contribution in [0, 0.1) is 0 Å². The summed E-state index contributed by atoms with van der Waals surface area (Å²) in [6.45, 7) is 0. The van der Waals surface area contributed by atoms with Crippen molar-refractivity contribution in [2.75, 3.05) is 5.32 Å². The molecule has 1 spiro atoms. The second-order valence-electron chi connectivity index (χ2n) is 6.56. The summed E-state index contributed by atoms with van der Waals surface area (Å²) < 4.78 is 12.5. The van der Waals surface area contributed by atoms with Crippen molar-refractivity contribution >= 4 is 40.3 Å². The first-order valence-corrected chi connectivity index (χ1v) is 9.83. The lowest BCUT2D eigenvalue weighted by molar-refractivity contribution is -0.116. The lowest BCUT2D eigenvalue weighted by Gasteiger charge is -2.21. The van der Waals surface area contributed by atoms with Gasteiger partial charge < -0.3 is 14.8 Å². The Bertz CT molecular complexity index is 857. The fraction of sp³-hybridized carbons (Fsp3) is 0.368. The van der Waals surface area contributed by atoms with Crippen molar-refractivity contribution in [3.8, 4) is 11.5 Å². The van der Waals surface area contributed by atoms with Gasteiger partial charge in [-0.3, -0.25) is 9.59 Å². The highest BCUT2D eigenvalue weighted by Crippen LogP contribution is 2.47. The number of carbonyl (C=O) groups is 2. The molecule has 1 amide bonds. The van der Waals surface area contributed by atoms with Crippen LogP contribution in [0.1, 0.15) is 48.2 Å². The fourth-order valence-electron chi connectivity index (χ4n) is 3.33. The van der Waals surface area contributed by atoms with Crippen molar-refractivity contribution in [1.29, 1.82) is 0 Å². The summed E-state index contributed by atoms with van der Waals surface area (Å²) in [5, 5.41) is 2.81. The Morgan fingerprint density at radius 1 is 1.08 bits per heavy atom. The number of nitrogens with one attached hydrogen (secondary N) is 1. The molecule has 0 radical (unpaired) electrons. The van der Waals surface area contributed by atoms with Crippen LogP contribution in [0.5, 0.6) is 11.5 Å². The number of rotatable bonds is 5. The molecule has 7 heteroatoms. The molecule has 26 heavy (non-hydrogen) atoms. The molecular formula is C19H18ClNO4S. The maximum Gasteiger partial charge on any atom is 0.251 e. The van der Waals surface area contributed by atoms with Crippen molar-refractivity contribution in [3.63, 3.8) is 0 Å². The number of amides is 1. The highest BCUT2D eigenvalue weighted by molar-refractivity contribution is 7.18. The minimum atomic E-state index is -0.515. The van der Waals surface area contributed by atoms with Gasteiger partial charge in [-0.15, -0.1) is 11.3 Å². The average molecular weight is 392 g/mol. The minimum absolute atomic E-state index is 0.0779. The van der Waals surface area contributed by atoms with Crippen LogP contribution < -0.4 is 14.8 Å². The molecule has 1 aliphatic carbocycles. The summed E-state index contributed by atoms with van der Waals surface area (Å²) in [6, 6.07) is 8.75. The molecule has 0 unspecified atom stereocenters. The molecule has 1 N–H and O–H groups in total. The zero-order chi connectivity index (χ0) is 18.1. The van der Waals surface area contributed by atoms with Crippen LogP contribution in [-0.4, -0.2) is 17.5 Å². The number of thiophene rings is 1. The van der Waals surface area contributed by atoms with E-state index in [4.69, 9.17) is 21.1 Å². The summed E-state index contributed by atoms with van der Waals surface area (Å²) in [4.78, 5) is 24.8. The standard InChI is InChI=1S/C19H18ClNO4S/c20-17-7-6-16(26-17)13(22)4-8-18(23)21-12-3-5-14-15(11-12)25-19(24-14)9-1-2-10-19/h3,5-7,11H,1-2,4,8-10H2,(H,21,23). The van der Waals surface area contributed by atoms with Gasteiger partial charge in [0, 0.05) is 37.4 Å². The van der Waals surface area contributed by atoms with E-state index in [1.54, 1.807) is 24.3 Å². The molecule has 1 aromatic heterocycles. The maximum absolute atomic E-state index is 12.1. The Morgan fingerprint density at radius 2 is 1.85 bits per heavy atom. The number of halogens is 1. The number of hydrogen-bond donors (Lipinski definition) is 1. The Labute approximate surface area is 160 Å². The number of ketones is 1. The van der Waals surface area contributed by atoms with Gasteiger partial charge in [-0.05, 0) is 37.1 Å².